The number of hydrogen-bond donors (Lipinski definition) is 0. The van der Waals surface area contributed by atoms with Crippen molar-refractivity contribution in [2.24, 2.45) is 0 Å². The molecule has 0 saturated carbocycles. The summed E-state index contributed by atoms with van der Waals surface area (Å²) in [7, 11) is 0. The first-order valence-electron chi connectivity index (χ1n) is 24.5. The maximum absolute atomic E-state index is 8.23. The van der Waals surface area contributed by atoms with E-state index in [2.05, 4.69) is 248 Å². The third-order valence-corrected chi connectivity index (χ3v) is 15.9. The molecule has 0 bridgehead atoms. The summed E-state index contributed by atoms with van der Waals surface area (Å²) < 4.78 is 1.26. The number of benzene rings is 6. The fourth-order valence-corrected chi connectivity index (χ4v) is 11.1. The van der Waals surface area contributed by atoms with Crippen LogP contribution in [0.25, 0.3) is 21.2 Å². The number of halogens is 1. The summed E-state index contributed by atoms with van der Waals surface area (Å²) in [4.78, 5) is 4.89. The Labute approximate surface area is 413 Å². The summed E-state index contributed by atoms with van der Waals surface area (Å²) in [6.07, 6.45) is 2.31. The zero-order valence-corrected chi connectivity index (χ0v) is 45.2. The number of thiophene rings is 1. The first-order chi connectivity index (χ1) is 31.0. The van der Waals surface area contributed by atoms with Gasteiger partial charge in [0.15, 0.2) is 0 Å². The van der Waals surface area contributed by atoms with E-state index >= 15 is 0 Å². The minimum absolute atomic E-state index is 0.00114. The van der Waals surface area contributed by atoms with Crippen molar-refractivity contribution in [1.29, 1.82) is 0 Å². The number of fused-ring (bicyclic) bond motifs is 2. The maximum Gasteiger partial charge on any atom is 0.0887 e. The fraction of sp³-hybridized carbons (Fsp3) is 0.397. The topological polar surface area (TPSA) is 6.48 Å². The Morgan fingerprint density at radius 2 is 0.925 bits per heavy atom. The molecular weight excluding hydrogens is 852 g/mol. The van der Waals surface area contributed by atoms with Crippen molar-refractivity contribution < 1.29 is 0 Å². The normalized spacial score (nSPS) is 15.1. The number of rotatable bonds is 7. The van der Waals surface area contributed by atoms with E-state index < -0.39 is 0 Å². The van der Waals surface area contributed by atoms with E-state index in [1.807, 2.05) is 0 Å². The lowest BCUT2D eigenvalue weighted by Crippen LogP contribution is -2.34. The van der Waals surface area contributed by atoms with Gasteiger partial charge in [-0.1, -0.05) is 177 Å². The lowest BCUT2D eigenvalue weighted by molar-refractivity contribution is 0.332. The van der Waals surface area contributed by atoms with E-state index in [0.717, 1.165) is 46.1 Å². The van der Waals surface area contributed by atoms with Crippen LogP contribution in [0.15, 0.2) is 121 Å². The van der Waals surface area contributed by atoms with Crippen molar-refractivity contribution in [1.82, 2.24) is 0 Å². The molecule has 4 heteroatoms. The highest BCUT2D eigenvalue weighted by Crippen LogP contribution is 2.54. The molecule has 0 saturated heterocycles. The largest absolute Gasteiger partial charge is 0.308 e. The molecule has 350 valence electrons. The van der Waals surface area contributed by atoms with Gasteiger partial charge >= 0.3 is 0 Å². The van der Waals surface area contributed by atoms with Gasteiger partial charge in [-0.2, -0.15) is 0 Å². The van der Waals surface area contributed by atoms with E-state index in [4.69, 9.17) is 11.6 Å². The molecule has 1 aliphatic rings. The minimum atomic E-state index is -0.0543. The van der Waals surface area contributed by atoms with Crippen LogP contribution in [-0.2, 0) is 32.5 Å². The van der Waals surface area contributed by atoms with Crippen molar-refractivity contribution in [3.63, 3.8) is 0 Å². The highest BCUT2D eigenvalue weighted by Gasteiger charge is 2.38. The zero-order chi connectivity index (χ0) is 48.8. The predicted octanol–water partition coefficient (Wildman–Crippen LogP) is 20.0. The summed E-state index contributed by atoms with van der Waals surface area (Å²) in [5.41, 5.74) is 18.0. The molecule has 1 aromatic heterocycles. The molecule has 6 aromatic carbocycles. The van der Waals surface area contributed by atoms with Gasteiger partial charge in [0, 0.05) is 32.4 Å². The third kappa shape index (κ3) is 9.50. The third-order valence-electron chi connectivity index (χ3n) is 14.6. The van der Waals surface area contributed by atoms with E-state index in [-0.39, 0.29) is 32.5 Å². The summed E-state index contributed by atoms with van der Waals surface area (Å²) in [5, 5.41) is 4.28. The van der Waals surface area contributed by atoms with Crippen LogP contribution in [0, 0.1) is 6.92 Å². The lowest BCUT2D eigenvalue weighted by atomic mass is 9.63. The van der Waals surface area contributed by atoms with Crippen LogP contribution in [0.4, 0.5) is 34.1 Å². The van der Waals surface area contributed by atoms with Crippen molar-refractivity contribution in [2.45, 2.75) is 163 Å². The molecule has 0 N–H and O–H groups in total. The summed E-state index contributed by atoms with van der Waals surface area (Å²) >= 11 is 10.0. The fourth-order valence-electron chi connectivity index (χ4n) is 9.93. The van der Waals surface area contributed by atoms with Gasteiger partial charge in [-0.05, 0) is 157 Å². The standard InChI is InChI=1S/C63H75ClN2S/c1-40-34-53(65(46-26-22-43(23-27-46)59(5,6)7)52-30-24-44(60(8,9)10)36-48(52)41-18-20-42(21-19-41)58(2,3)4)57(64)54(35-40)66(55-39-67-56-31-25-45(37-49(55)56)61(11,12)13)47-28-29-50-51(38-47)63(16,17)33-32-62(50,14)15/h18-31,34-39H,32-33H2,1-17H3. The Morgan fingerprint density at radius 1 is 0.463 bits per heavy atom. The predicted molar refractivity (Wildman–Crippen MR) is 296 cm³/mol. The van der Waals surface area contributed by atoms with Crippen LogP contribution in [0.3, 0.4) is 0 Å². The number of anilines is 6. The van der Waals surface area contributed by atoms with Crippen LogP contribution in [0.2, 0.25) is 5.02 Å². The maximum atomic E-state index is 8.23. The van der Waals surface area contributed by atoms with Gasteiger partial charge in [-0.25, -0.2) is 0 Å². The summed E-state index contributed by atoms with van der Waals surface area (Å²) in [6, 6.07) is 44.3. The van der Waals surface area contributed by atoms with Gasteiger partial charge in [-0.3, -0.25) is 0 Å². The van der Waals surface area contributed by atoms with Crippen LogP contribution < -0.4 is 9.80 Å². The molecule has 0 radical (unpaired) electrons. The molecule has 1 heterocycles. The molecule has 1 aliphatic carbocycles. The van der Waals surface area contributed by atoms with E-state index in [9.17, 15) is 0 Å². The second-order valence-electron chi connectivity index (χ2n) is 25.0. The van der Waals surface area contributed by atoms with Gasteiger partial charge in [0.05, 0.1) is 27.8 Å². The van der Waals surface area contributed by atoms with Gasteiger partial charge in [-0.15, -0.1) is 11.3 Å². The Kier molecular flexibility index (Phi) is 12.3. The Hall–Kier alpha value is -4.83. The molecule has 0 spiro atoms. The zero-order valence-electron chi connectivity index (χ0n) is 43.6. The SMILES string of the molecule is Cc1cc(N(c2ccc(C(C)(C)C)cc2)c2ccc(C(C)(C)C)cc2-c2ccc(C(C)(C)C)cc2)c(Cl)c(N(c2ccc3c(c2)C(C)(C)CCC3(C)C)c2csc3ccc(C(C)(C)C)cc23)c1. The van der Waals surface area contributed by atoms with Crippen molar-refractivity contribution in [2.75, 3.05) is 9.80 Å². The Balaban J connectivity index is 1.44. The summed E-state index contributed by atoms with van der Waals surface area (Å²) in [5.74, 6) is 0. The van der Waals surface area contributed by atoms with Gasteiger partial charge in [0.25, 0.3) is 0 Å². The molecular formula is C63H75ClN2S. The minimum Gasteiger partial charge on any atom is -0.308 e. The van der Waals surface area contributed by atoms with Crippen molar-refractivity contribution >= 4 is 67.1 Å². The molecule has 0 atom stereocenters. The van der Waals surface area contributed by atoms with Crippen LogP contribution in [0.5, 0.6) is 0 Å². The Morgan fingerprint density at radius 3 is 1.48 bits per heavy atom. The van der Waals surface area contributed by atoms with Gasteiger partial charge in [0.1, 0.15) is 0 Å². The second-order valence-corrected chi connectivity index (χ2v) is 26.3. The smallest absolute Gasteiger partial charge is 0.0887 e. The Bertz CT molecular complexity index is 2950. The highest BCUT2D eigenvalue weighted by atomic mass is 35.5. The monoisotopic (exact) mass is 927 g/mol. The number of aryl methyl sites for hydroxylation is 1. The van der Waals surface area contributed by atoms with Crippen LogP contribution >= 0.6 is 22.9 Å². The van der Waals surface area contributed by atoms with Crippen LogP contribution in [0.1, 0.15) is 163 Å². The second kappa shape index (κ2) is 17.0. The molecule has 0 amide bonds. The number of nitrogens with zero attached hydrogens (tertiary/aromatic N) is 2. The van der Waals surface area contributed by atoms with Gasteiger partial charge in [0.2, 0.25) is 0 Å². The average molecular weight is 928 g/mol. The van der Waals surface area contributed by atoms with Crippen molar-refractivity contribution in [3.8, 4) is 11.1 Å². The molecule has 2 nitrogen and oxygen atoms in total. The van der Waals surface area contributed by atoms with E-state index in [0.29, 0.717) is 5.02 Å². The lowest BCUT2D eigenvalue weighted by Gasteiger charge is -2.42. The molecule has 8 rings (SSSR count). The van der Waals surface area contributed by atoms with Crippen LogP contribution in [-0.4, -0.2) is 0 Å². The van der Waals surface area contributed by atoms with Gasteiger partial charge < -0.3 is 9.80 Å². The quantitative estimate of drug-likeness (QED) is 0.157. The molecule has 0 aliphatic heterocycles. The summed E-state index contributed by atoms with van der Waals surface area (Å²) in [6.45, 7) is 39.4. The first kappa shape index (κ1) is 48.6. The molecule has 0 fully saturated rings. The average Bonchev–Trinajstić information content (AvgIpc) is 3.66. The highest BCUT2D eigenvalue weighted by molar-refractivity contribution is 7.17. The van der Waals surface area contributed by atoms with Crippen molar-refractivity contribution in [3.05, 3.63) is 165 Å². The number of hydrogen-bond acceptors (Lipinski definition) is 3. The molecule has 67 heavy (non-hydrogen) atoms. The molecule has 7 aromatic rings. The first-order valence-corrected chi connectivity index (χ1v) is 25.7. The molecule has 0 unspecified atom stereocenters. The van der Waals surface area contributed by atoms with E-state index in [1.165, 1.54) is 61.0 Å². The van der Waals surface area contributed by atoms with E-state index in [1.54, 1.807) is 11.3 Å².